The lowest BCUT2D eigenvalue weighted by atomic mass is 10.1. The average molecular weight is 772 g/mol. The fourth-order valence-electron chi connectivity index (χ4n) is 5.40. The van der Waals surface area contributed by atoms with Gasteiger partial charge in [0.25, 0.3) is 0 Å². The minimum atomic E-state index is -4.76. The molecular weight excluding hydrogens is 697 g/mol. The summed E-state index contributed by atoms with van der Waals surface area (Å²) in [5, 5.41) is 21.8. The summed E-state index contributed by atoms with van der Waals surface area (Å²) < 4.78 is 26.7. The number of aliphatic carboxylic acids is 1. The number of phosphoric ester groups is 1. The van der Waals surface area contributed by atoms with Gasteiger partial charge in [-0.05, 0) is 70.6 Å². The van der Waals surface area contributed by atoms with Gasteiger partial charge in [0.1, 0.15) is 12.7 Å². The fourth-order valence-corrected chi connectivity index (χ4v) is 6.17. The number of hydrogen-bond donors (Lipinski definition) is 4. The number of carbonyl (C=O) groups excluding carboxylic acids is 2. The van der Waals surface area contributed by atoms with Crippen LogP contribution in [0.3, 0.4) is 0 Å². The van der Waals surface area contributed by atoms with Crippen LogP contribution in [0.25, 0.3) is 0 Å². The first-order chi connectivity index (χ1) is 25.6. The quantitative estimate of drug-likeness (QED) is 0.0205. The average Bonchev–Trinajstić information content (AvgIpc) is 3.13. The first-order valence-electron chi connectivity index (χ1n) is 20.5. The van der Waals surface area contributed by atoms with Crippen LogP contribution in [-0.2, 0) is 32.7 Å². The van der Waals surface area contributed by atoms with Crippen LogP contribution >= 0.6 is 7.82 Å². The molecule has 0 bridgehead atoms. The highest BCUT2D eigenvalue weighted by Gasteiger charge is 2.28. The molecule has 12 heteroatoms. The molecular formula is C41H74NO10P. The summed E-state index contributed by atoms with van der Waals surface area (Å²) in [4.78, 5) is 45.8. The number of carboxylic acid groups (broad SMARTS) is 1. The highest BCUT2D eigenvalue weighted by molar-refractivity contribution is 7.47. The molecule has 0 saturated heterocycles. The van der Waals surface area contributed by atoms with Gasteiger partial charge in [-0.2, -0.15) is 0 Å². The molecule has 0 radical (unpaired) electrons. The molecule has 0 aliphatic carbocycles. The Balaban J connectivity index is 3.98. The largest absolute Gasteiger partial charge is 0.480 e. The van der Waals surface area contributed by atoms with Crippen LogP contribution in [0.4, 0.5) is 0 Å². The first kappa shape index (κ1) is 50.7. The Kier molecular flexibility index (Phi) is 35.1. The monoisotopic (exact) mass is 772 g/mol. The predicted molar refractivity (Wildman–Crippen MR) is 212 cm³/mol. The number of ether oxygens (including phenoxy) is 1. The standard InChI is InChI=1S/C41H74NO10P/c1-3-5-7-9-11-13-15-17-18-19-21-22-24-26-28-30-32-39(44)42-38(41(46)47)36-52-53(48,49)51-35-37(43)34-50-40(45)33-31-29-27-25-23-20-16-14-12-10-8-6-4-2/h13-16,18-19,37-38,43H,3-12,17,20-36H2,1-2H3,(H,42,44)(H,46,47)(H,48,49)/b15-13-,16-14-,19-18-. The van der Waals surface area contributed by atoms with Crippen molar-refractivity contribution in [2.45, 2.75) is 187 Å². The second kappa shape index (κ2) is 36.7. The third-order valence-corrected chi connectivity index (χ3v) is 9.60. The molecule has 0 aliphatic heterocycles. The number of unbranched alkanes of at least 4 members (excludes halogenated alkanes) is 18. The van der Waals surface area contributed by atoms with Crippen LogP contribution in [0.2, 0.25) is 0 Å². The van der Waals surface area contributed by atoms with E-state index in [0.717, 1.165) is 83.5 Å². The Hall–Kier alpha value is -2.30. The molecule has 4 N–H and O–H groups in total. The number of amides is 1. The van der Waals surface area contributed by atoms with Crippen molar-refractivity contribution >= 4 is 25.7 Å². The van der Waals surface area contributed by atoms with Crippen LogP contribution in [0.5, 0.6) is 0 Å². The van der Waals surface area contributed by atoms with Gasteiger partial charge in [-0.1, -0.05) is 127 Å². The number of hydrogen-bond acceptors (Lipinski definition) is 8. The summed E-state index contributed by atoms with van der Waals surface area (Å²) in [6, 6.07) is -1.55. The van der Waals surface area contributed by atoms with E-state index in [1.165, 1.54) is 51.4 Å². The number of aliphatic hydroxyl groups excluding tert-OH is 1. The van der Waals surface area contributed by atoms with E-state index in [2.05, 4.69) is 55.6 Å². The number of allylic oxidation sites excluding steroid dienone is 6. The molecule has 0 aromatic heterocycles. The molecule has 0 aromatic carbocycles. The smallest absolute Gasteiger partial charge is 0.472 e. The summed E-state index contributed by atoms with van der Waals surface area (Å²) in [6.07, 6.45) is 37.4. The van der Waals surface area contributed by atoms with Crippen molar-refractivity contribution < 1.29 is 47.8 Å². The van der Waals surface area contributed by atoms with Gasteiger partial charge in [0.2, 0.25) is 5.91 Å². The van der Waals surface area contributed by atoms with Crippen LogP contribution in [0.15, 0.2) is 36.5 Å². The van der Waals surface area contributed by atoms with Gasteiger partial charge in [0.15, 0.2) is 6.04 Å². The minimum Gasteiger partial charge on any atom is -0.480 e. The second-order valence-electron chi connectivity index (χ2n) is 13.8. The van der Waals surface area contributed by atoms with Crippen LogP contribution in [0.1, 0.15) is 174 Å². The number of carboxylic acids is 1. The van der Waals surface area contributed by atoms with Crippen molar-refractivity contribution in [3.8, 4) is 0 Å². The maximum atomic E-state index is 12.3. The molecule has 308 valence electrons. The second-order valence-corrected chi connectivity index (χ2v) is 15.3. The molecule has 0 spiro atoms. The summed E-state index contributed by atoms with van der Waals surface area (Å²) >= 11 is 0. The lowest BCUT2D eigenvalue weighted by Gasteiger charge is -2.18. The number of phosphoric acid groups is 1. The van der Waals surface area contributed by atoms with E-state index in [4.69, 9.17) is 13.8 Å². The molecule has 1 amide bonds. The van der Waals surface area contributed by atoms with E-state index in [-0.39, 0.29) is 12.8 Å². The Morgan fingerprint density at radius 2 is 1.04 bits per heavy atom. The van der Waals surface area contributed by atoms with Crippen molar-refractivity contribution in [1.29, 1.82) is 0 Å². The number of carbonyl (C=O) groups is 3. The number of nitrogens with one attached hydrogen (secondary N) is 1. The molecule has 0 rings (SSSR count). The van der Waals surface area contributed by atoms with Crippen LogP contribution in [-0.4, -0.2) is 64.9 Å². The summed E-state index contributed by atoms with van der Waals surface area (Å²) in [5.41, 5.74) is 0. The van der Waals surface area contributed by atoms with Gasteiger partial charge in [-0.25, -0.2) is 9.36 Å². The summed E-state index contributed by atoms with van der Waals surface area (Å²) in [7, 11) is -4.76. The zero-order valence-electron chi connectivity index (χ0n) is 33.1. The number of rotatable bonds is 38. The molecule has 11 nitrogen and oxygen atoms in total. The Morgan fingerprint density at radius 3 is 1.55 bits per heavy atom. The fraction of sp³-hybridized carbons (Fsp3) is 0.780. The number of aliphatic hydroxyl groups is 1. The third kappa shape index (κ3) is 36.4. The molecule has 0 aromatic rings. The lowest BCUT2D eigenvalue weighted by molar-refractivity contribution is -0.147. The van der Waals surface area contributed by atoms with Gasteiger partial charge >= 0.3 is 19.8 Å². The predicted octanol–water partition coefficient (Wildman–Crippen LogP) is 10.1. The van der Waals surface area contributed by atoms with Gasteiger partial charge in [0, 0.05) is 12.8 Å². The van der Waals surface area contributed by atoms with E-state index in [0.29, 0.717) is 12.8 Å². The maximum Gasteiger partial charge on any atom is 0.472 e. The highest BCUT2D eigenvalue weighted by Crippen LogP contribution is 2.43. The molecule has 0 aliphatic rings. The minimum absolute atomic E-state index is 0.129. The molecule has 0 saturated carbocycles. The van der Waals surface area contributed by atoms with Crippen molar-refractivity contribution in [3.63, 3.8) is 0 Å². The van der Waals surface area contributed by atoms with E-state index in [1.807, 2.05) is 0 Å². The Morgan fingerprint density at radius 1 is 0.604 bits per heavy atom. The zero-order valence-corrected chi connectivity index (χ0v) is 34.0. The Labute approximate surface area is 321 Å². The SMILES string of the molecule is CCCCCC/C=C\C/C=C\CCCCCCCC(=O)NC(COP(=O)(O)OCC(O)COC(=O)CCCCCCC/C=C\CCCCCC)C(=O)O. The summed E-state index contributed by atoms with van der Waals surface area (Å²) in [6.45, 7) is 2.53. The van der Waals surface area contributed by atoms with Gasteiger partial charge in [-0.3, -0.25) is 18.6 Å². The Bertz CT molecular complexity index is 1050. The normalized spacial score (nSPS) is 14.2. The number of esters is 1. The van der Waals surface area contributed by atoms with Crippen molar-refractivity contribution in [2.24, 2.45) is 0 Å². The molecule has 3 atom stereocenters. The van der Waals surface area contributed by atoms with Crippen molar-refractivity contribution in [2.75, 3.05) is 19.8 Å². The molecule has 0 fully saturated rings. The van der Waals surface area contributed by atoms with E-state index in [9.17, 15) is 34.1 Å². The van der Waals surface area contributed by atoms with Gasteiger partial charge in [-0.15, -0.1) is 0 Å². The van der Waals surface area contributed by atoms with E-state index in [1.54, 1.807) is 0 Å². The summed E-state index contributed by atoms with van der Waals surface area (Å²) in [5.74, 6) is -2.40. The molecule has 0 heterocycles. The zero-order chi connectivity index (χ0) is 39.3. The molecule has 3 unspecified atom stereocenters. The van der Waals surface area contributed by atoms with Crippen molar-refractivity contribution in [1.82, 2.24) is 5.32 Å². The van der Waals surface area contributed by atoms with Crippen LogP contribution in [0, 0.1) is 0 Å². The van der Waals surface area contributed by atoms with Crippen molar-refractivity contribution in [3.05, 3.63) is 36.5 Å². The molecule has 53 heavy (non-hydrogen) atoms. The van der Waals surface area contributed by atoms with Gasteiger partial charge < -0.3 is 25.2 Å². The first-order valence-corrected chi connectivity index (χ1v) is 22.0. The lowest BCUT2D eigenvalue weighted by Crippen LogP contribution is -2.43. The maximum absolute atomic E-state index is 12.3. The van der Waals surface area contributed by atoms with E-state index >= 15 is 0 Å². The topological polar surface area (TPSA) is 169 Å². The van der Waals surface area contributed by atoms with E-state index < -0.39 is 57.6 Å². The highest BCUT2D eigenvalue weighted by atomic mass is 31.2. The van der Waals surface area contributed by atoms with Gasteiger partial charge in [0.05, 0.1) is 13.2 Å². The van der Waals surface area contributed by atoms with Crippen LogP contribution < -0.4 is 5.32 Å². The third-order valence-electron chi connectivity index (χ3n) is 8.65.